The zero-order chi connectivity index (χ0) is 19.5. The van der Waals surface area contributed by atoms with Gasteiger partial charge in [0.15, 0.2) is 0 Å². The van der Waals surface area contributed by atoms with Crippen molar-refractivity contribution >= 4 is 17.5 Å². The molecule has 1 atom stereocenters. The minimum atomic E-state index is 0.0404. The molecule has 2 aromatic rings. The fourth-order valence-corrected chi connectivity index (χ4v) is 4.21. The topological polar surface area (TPSA) is 58.6 Å². The Morgan fingerprint density at radius 2 is 1.89 bits per heavy atom. The molecule has 0 spiro atoms. The van der Waals surface area contributed by atoms with Crippen LogP contribution in [0.4, 0.5) is 5.69 Å². The summed E-state index contributed by atoms with van der Waals surface area (Å²) in [6.07, 6.45) is 5.43. The van der Waals surface area contributed by atoms with Crippen molar-refractivity contribution in [2.24, 2.45) is 0 Å². The molecule has 2 amide bonds. The summed E-state index contributed by atoms with van der Waals surface area (Å²) in [5, 5.41) is 2.89. The van der Waals surface area contributed by atoms with Crippen molar-refractivity contribution in [1.82, 2.24) is 4.90 Å². The van der Waals surface area contributed by atoms with Crippen molar-refractivity contribution in [2.45, 2.75) is 44.6 Å². The average molecular weight is 378 g/mol. The fourth-order valence-electron chi connectivity index (χ4n) is 4.21. The number of anilines is 1. The van der Waals surface area contributed by atoms with Crippen LogP contribution >= 0.6 is 0 Å². The number of hydrogen-bond acceptors (Lipinski definition) is 3. The van der Waals surface area contributed by atoms with E-state index < -0.39 is 0 Å². The maximum absolute atomic E-state index is 13.4. The molecule has 0 aromatic heterocycles. The number of rotatable bonds is 3. The first kappa shape index (κ1) is 18.5. The molecule has 5 heteroatoms. The van der Waals surface area contributed by atoms with Gasteiger partial charge in [-0.05, 0) is 60.7 Å². The van der Waals surface area contributed by atoms with Crippen molar-refractivity contribution in [3.05, 3.63) is 59.2 Å². The third-order valence-electron chi connectivity index (χ3n) is 5.76. The van der Waals surface area contributed by atoms with E-state index in [-0.39, 0.29) is 17.9 Å². The summed E-state index contributed by atoms with van der Waals surface area (Å²) in [5.41, 5.74) is 3.73. The van der Waals surface area contributed by atoms with Crippen molar-refractivity contribution in [1.29, 1.82) is 0 Å². The zero-order valence-corrected chi connectivity index (χ0v) is 16.2. The monoisotopic (exact) mass is 378 g/mol. The van der Waals surface area contributed by atoms with E-state index in [0.29, 0.717) is 18.4 Å². The lowest BCUT2D eigenvalue weighted by atomic mass is 9.97. The molecule has 1 unspecified atom stereocenters. The van der Waals surface area contributed by atoms with E-state index in [2.05, 4.69) is 17.4 Å². The number of fused-ring (bicyclic) bond motifs is 1. The first-order valence-corrected chi connectivity index (χ1v) is 10.0. The SMILES string of the molecule is COc1ccc(C2CCCCCN2C(=O)c2ccc3c(c2)CCC(=O)N3)cc1. The van der Waals surface area contributed by atoms with Crippen LogP contribution in [-0.4, -0.2) is 30.4 Å². The number of carbonyl (C=O) groups is 2. The Hall–Kier alpha value is -2.82. The Bertz CT molecular complexity index is 876. The molecule has 1 fully saturated rings. The van der Waals surface area contributed by atoms with Crippen molar-refractivity contribution in [3.8, 4) is 5.75 Å². The quantitative estimate of drug-likeness (QED) is 0.864. The normalized spacial score (nSPS) is 19.4. The molecule has 2 heterocycles. The van der Waals surface area contributed by atoms with Gasteiger partial charge in [0.1, 0.15) is 5.75 Å². The minimum absolute atomic E-state index is 0.0404. The van der Waals surface area contributed by atoms with Crippen molar-refractivity contribution in [3.63, 3.8) is 0 Å². The molecular weight excluding hydrogens is 352 g/mol. The van der Waals surface area contributed by atoms with Crippen LogP contribution in [0.3, 0.4) is 0 Å². The maximum atomic E-state index is 13.4. The molecule has 0 saturated carbocycles. The highest BCUT2D eigenvalue weighted by Gasteiger charge is 2.28. The van der Waals surface area contributed by atoms with Crippen LogP contribution < -0.4 is 10.1 Å². The molecule has 0 aliphatic carbocycles. The van der Waals surface area contributed by atoms with E-state index in [4.69, 9.17) is 4.74 Å². The predicted molar refractivity (Wildman–Crippen MR) is 109 cm³/mol. The Morgan fingerprint density at radius 1 is 1.07 bits per heavy atom. The molecule has 0 radical (unpaired) electrons. The van der Waals surface area contributed by atoms with E-state index in [1.165, 1.54) is 0 Å². The maximum Gasteiger partial charge on any atom is 0.254 e. The highest BCUT2D eigenvalue weighted by atomic mass is 16.5. The van der Waals surface area contributed by atoms with E-state index in [1.807, 2.05) is 35.2 Å². The average Bonchev–Trinajstić information content (AvgIpc) is 2.99. The molecule has 0 bridgehead atoms. The van der Waals surface area contributed by atoms with E-state index >= 15 is 0 Å². The number of aryl methyl sites for hydroxylation is 1. The molecule has 146 valence electrons. The number of ether oxygens (including phenoxy) is 1. The standard InChI is InChI=1S/C23H26N2O3/c1-28-19-10-6-16(7-11-19)21-5-3-2-4-14-25(21)23(27)18-8-12-20-17(15-18)9-13-22(26)24-20/h6-8,10-12,15,21H,2-5,9,13-14H2,1H3,(H,24,26). The summed E-state index contributed by atoms with van der Waals surface area (Å²) >= 11 is 0. The summed E-state index contributed by atoms with van der Waals surface area (Å²) in [5.74, 6) is 0.938. The minimum Gasteiger partial charge on any atom is -0.497 e. The molecule has 2 aromatic carbocycles. The van der Waals surface area contributed by atoms with Gasteiger partial charge in [-0.15, -0.1) is 0 Å². The molecule has 1 N–H and O–H groups in total. The number of amides is 2. The van der Waals surface area contributed by atoms with Crippen molar-refractivity contribution in [2.75, 3.05) is 19.0 Å². The van der Waals surface area contributed by atoms with Gasteiger partial charge >= 0.3 is 0 Å². The number of benzene rings is 2. The Kier molecular flexibility index (Phi) is 5.33. The van der Waals surface area contributed by atoms with Gasteiger partial charge in [-0.2, -0.15) is 0 Å². The van der Waals surface area contributed by atoms with Gasteiger partial charge in [0.05, 0.1) is 13.2 Å². The predicted octanol–water partition coefficient (Wildman–Crippen LogP) is 4.34. The summed E-state index contributed by atoms with van der Waals surface area (Å²) in [6, 6.07) is 13.8. The zero-order valence-electron chi connectivity index (χ0n) is 16.2. The van der Waals surface area contributed by atoms with Gasteiger partial charge in [-0.3, -0.25) is 9.59 Å². The third-order valence-corrected chi connectivity index (χ3v) is 5.76. The molecule has 28 heavy (non-hydrogen) atoms. The Morgan fingerprint density at radius 3 is 2.68 bits per heavy atom. The molecule has 1 saturated heterocycles. The number of hydrogen-bond donors (Lipinski definition) is 1. The van der Waals surface area contributed by atoms with Crippen LogP contribution in [0.15, 0.2) is 42.5 Å². The van der Waals surface area contributed by atoms with E-state index in [1.54, 1.807) is 7.11 Å². The van der Waals surface area contributed by atoms with Crippen LogP contribution in [0.1, 0.15) is 59.6 Å². The highest BCUT2D eigenvalue weighted by molar-refractivity contribution is 5.98. The van der Waals surface area contributed by atoms with Crippen LogP contribution in [0.5, 0.6) is 5.75 Å². The summed E-state index contributed by atoms with van der Waals surface area (Å²) < 4.78 is 5.27. The second-order valence-electron chi connectivity index (χ2n) is 7.56. The van der Waals surface area contributed by atoms with Gasteiger partial charge in [0.25, 0.3) is 5.91 Å². The van der Waals surface area contributed by atoms with Gasteiger partial charge in [-0.25, -0.2) is 0 Å². The molecule has 2 aliphatic heterocycles. The van der Waals surface area contributed by atoms with Gasteiger partial charge in [0, 0.05) is 24.2 Å². The first-order valence-electron chi connectivity index (χ1n) is 10.0. The lowest BCUT2D eigenvalue weighted by Gasteiger charge is -2.31. The summed E-state index contributed by atoms with van der Waals surface area (Å²) in [4.78, 5) is 27.0. The second kappa shape index (κ2) is 8.05. The van der Waals surface area contributed by atoms with Crippen LogP contribution in [0.25, 0.3) is 0 Å². The number of carbonyl (C=O) groups excluding carboxylic acids is 2. The third kappa shape index (κ3) is 3.75. The first-order chi connectivity index (χ1) is 13.7. The second-order valence-corrected chi connectivity index (χ2v) is 7.56. The number of methoxy groups -OCH3 is 1. The van der Waals surface area contributed by atoms with Gasteiger partial charge in [-0.1, -0.05) is 25.0 Å². The molecular formula is C23H26N2O3. The highest BCUT2D eigenvalue weighted by Crippen LogP contribution is 2.33. The molecule has 5 nitrogen and oxygen atoms in total. The number of nitrogens with one attached hydrogen (secondary N) is 1. The summed E-state index contributed by atoms with van der Waals surface area (Å²) in [7, 11) is 1.66. The smallest absolute Gasteiger partial charge is 0.254 e. The lowest BCUT2D eigenvalue weighted by molar-refractivity contribution is -0.116. The number of nitrogens with zero attached hydrogens (tertiary/aromatic N) is 1. The molecule has 2 aliphatic rings. The Labute approximate surface area is 165 Å². The van der Waals surface area contributed by atoms with Crippen LogP contribution in [0, 0.1) is 0 Å². The number of likely N-dealkylation sites (tertiary alicyclic amines) is 1. The lowest BCUT2D eigenvalue weighted by Crippen LogP contribution is -2.35. The Balaban J connectivity index is 1.62. The fraction of sp³-hybridized carbons (Fsp3) is 0.391. The molecule has 4 rings (SSSR count). The van der Waals surface area contributed by atoms with Gasteiger partial charge < -0.3 is 15.0 Å². The van der Waals surface area contributed by atoms with Gasteiger partial charge in [0.2, 0.25) is 5.91 Å². The van der Waals surface area contributed by atoms with E-state index in [0.717, 1.165) is 54.8 Å². The van der Waals surface area contributed by atoms with E-state index in [9.17, 15) is 9.59 Å². The van der Waals surface area contributed by atoms with Crippen LogP contribution in [-0.2, 0) is 11.2 Å². The largest absolute Gasteiger partial charge is 0.497 e. The van der Waals surface area contributed by atoms with Crippen molar-refractivity contribution < 1.29 is 14.3 Å². The van der Waals surface area contributed by atoms with Crippen LogP contribution in [0.2, 0.25) is 0 Å². The summed E-state index contributed by atoms with van der Waals surface area (Å²) in [6.45, 7) is 0.767.